The predicted molar refractivity (Wildman–Crippen MR) is 69.6 cm³/mol. The van der Waals surface area contributed by atoms with Crippen molar-refractivity contribution in [3.05, 3.63) is 35.0 Å². The Bertz CT molecular complexity index is 561. The van der Waals surface area contributed by atoms with E-state index >= 15 is 0 Å². The third-order valence-electron chi connectivity index (χ3n) is 3.53. The minimum atomic E-state index is 0.312. The molecule has 0 amide bonds. The Labute approximate surface area is 105 Å². The highest BCUT2D eigenvalue weighted by Crippen LogP contribution is 2.38. The van der Waals surface area contributed by atoms with Gasteiger partial charge in [-0.25, -0.2) is 4.98 Å². The molecule has 0 atom stereocenters. The van der Waals surface area contributed by atoms with Gasteiger partial charge in [0.2, 0.25) is 0 Å². The van der Waals surface area contributed by atoms with Gasteiger partial charge in [-0.05, 0) is 37.1 Å². The van der Waals surface area contributed by atoms with E-state index in [0.29, 0.717) is 16.7 Å². The second-order valence-electron chi connectivity index (χ2n) is 4.71. The molecule has 88 valence electrons. The summed E-state index contributed by atoms with van der Waals surface area (Å²) in [5.74, 6) is 0.738. The number of fused-ring (bicyclic) bond motifs is 1. The van der Waals surface area contributed by atoms with E-state index in [-0.39, 0.29) is 0 Å². The highest BCUT2D eigenvalue weighted by atomic mass is 35.5. The average molecular weight is 248 g/mol. The van der Waals surface area contributed by atoms with Crippen molar-refractivity contribution in [2.24, 2.45) is 0 Å². The van der Waals surface area contributed by atoms with Crippen LogP contribution in [-0.4, -0.2) is 10.1 Å². The number of aromatic hydroxyl groups is 1. The lowest BCUT2D eigenvalue weighted by Crippen LogP contribution is -1.97. The van der Waals surface area contributed by atoms with Gasteiger partial charge in [-0.15, -0.1) is 0 Å². The zero-order chi connectivity index (χ0) is 11.8. The summed E-state index contributed by atoms with van der Waals surface area (Å²) in [5, 5.41) is 11.6. The molecule has 1 N–H and O–H groups in total. The Morgan fingerprint density at radius 3 is 2.71 bits per heavy atom. The standard InChI is InChI=1S/C14H14ClNO/c15-11-5-6-12-10(7-11)8-13(17)14(16-12)9-3-1-2-4-9/h5-9,17H,1-4H2. The molecule has 3 heteroatoms. The van der Waals surface area contributed by atoms with Crippen LogP contribution in [0.2, 0.25) is 5.02 Å². The number of pyridine rings is 1. The van der Waals surface area contributed by atoms with Gasteiger partial charge in [-0.3, -0.25) is 0 Å². The van der Waals surface area contributed by atoms with Crippen molar-refractivity contribution >= 4 is 22.5 Å². The first kappa shape index (κ1) is 10.8. The summed E-state index contributed by atoms with van der Waals surface area (Å²) in [7, 11) is 0. The van der Waals surface area contributed by atoms with E-state index in [0.717, 1.165) is 29.4 Å². The van der Waals surface area contributed by atoms with Gasteiger partial charge in [0, 0.05) is 16.3 Å². The molecule has 3 rings (SSSR count). The molecule has 17 heavy (non-hydrogen) atoms. The molecule has 0 unspecified atom stereocenters. The van der Waals surface area contributed by atoms with Crippen molar-refractivity contribution in [2.75, 3.05) is 0 Å². The largest absolute Gasteiger partial charge is 0.506 e. The second-order valence-corrected chi connectivity index (χ2v) is 5.15. The molecule has 0 bridgehead atoms. The number of halogens is 1. The lowest BCUT2D eigenvalue weighted by atomic mass is 10.0. The summed E-state index contributed by atoms with van der Waals surface area (Å²) in [5.41, 5.74) is 1.77. The fraction of sp³-hybridized carbons (Fsp3) is 0.357. The van der Waals surface area contributed by atoms with E-state index in [1.807, 2.05) is 18.2 Å². The monoisotopic (exact) mass is 247 g/mol. The van der Waals surface area contributed by atoms with Gasteiger partial charge in [0.05, 0.1) is 11.2 Å². The van der Waals surface area contributed by atoms with Crippen LogP contribution in [0.1, 0.15) is 37.3 Å². The Hall–Kier alpha value is -1.28. The van der Waals surface area contributed by atoms with Gasteiger partial charge < -0.3 is 5.11 Å². The van der Waals surface area contributed by atoms with Crippen molar-refractivity contribution in [1.82, 2.24) is 4.98 Å². The second kappa shape index (κ2) is 4.19. The minimum absolute atomic E-state index is 0.312. The first-order chi connectivity index (χ1) is 8.24. The summed E-state index contributed by atoms with van der Waals surface area (Å²) in [4.78, 5) is 4.59. The quantitative estimate of drug-likeness (QED) is 0.817. The normalized spacial score (nSPS) is 16.8. The van der Waals surface area contributed by atoms with Gasteiger partial charge in [-0.2, -0.15) is 0 Å². The molecular formula is C14H14ClNO. The summed E-state index contributed by atoms with van der Waals surface area (Å²) in [6, 6.07) is 7.37. The van der Waals surface area contributed by atoms with Crippen molar-refractivity contribution in [3.63, 3.8) is 0 Å². The smallest absolute Gasteiger partial charge is 0.138 e. The Morgan fingerprint density at radius 2 is 1.94 bits per heavy atom. The van der Waals surface area contributed by atoms with E-state index in [1.165, 1.54) is 12.8 Å². The van der Waals surface area contributed by atoms with Crippen LogP contribution in [0.3, 0.4) is 0 Å². The van der Waals surface area contributed by atoms with E-state index in [1.54, 1.807) is 6.07 Å². The number of hydrogen-bond acceptors (Lipinski definition) is 2. The van der Waals surface area contributed by atoms with Crippen molar-refractivity contribution in [1.29, 1.82) is 0 Å². The first-order valence-corrected chi connectivity index (χ1v) is 6.41. The molecule has 2 nitrogen and oxygen atoms in total. The summed E-state index contributed by atoms with van der Waals surface area (Å²) < 4.78 is 0. The van der Waals surface area contributed by atoms with E-state index in [2.05, 4.69) is 4.98 Å². The zero-order valence-electron chi connectivity index (χ0n) is 9.49. The molecule has 0 aliphatic heterocycles. The van der Waals surface area contributed by atoms with Crippen LogP contribution in [0, 0.1) is 0 Å². The molecule has 1 aromatic heterocycles. The highest BCUT2D eigenvalue weighted by molar-refractivity contribution is 6.31. The van der Waals surface area contributed by atoms with Crippen LogP contribution in [0.25, 0.3) is 10.9 Å². The van der Waals surface area contributed by atoms with E-state index in [4.69, 9.17) is 11.6 Å². The molecule has 1 fully saturated rings. The Morgan fingerprint density at radius 1 is 1.18 bits per heavy atom. The lowest BCUT2D eigenvalue weighted by Gasteiger charge is -2.11. The predicted octanol–water partition coefficient (Wildman–Crippen LogP) is 4.25. The maximum absolute atomic E-state index is 10.1. The highest BCUT2D eigenvalue weighted by Gasteiger charge is 2.21. The number of aromatic nitrogens is 1. The zero-order valence-corrected chi connectivity index (χ0v) is 10.2. The van der Waals surface area contributed by atoms with E-state index < -0.39 is 0 Å². The average Bonchev–Trinajstić information content (AvgIpc) is 2.81. The molecule has 0 radical (unpaired) electrons. The van der Waals surface area contributed by atoms with Crippen molar-refractivity contribution in [2.45, 2.75) is 31.6 Å². The maximum atomic E-state index is 10.1. The molecule has 1 saturated carbocycles. The van der Waals surface area contributed by atoms with Crippen LogP contribution in [0.5, 0.6) is 5.75 Å². The lowest BCUT2D eigenvalue weighted by molar-refractivity contribution is 0.457. The first-order valence-electron chi connectivity index (χ1n) is 6.03. The fourth-order valence-corrected chi connectivity index (χ4v) is 2.83. The van der Waals surface area contributed by atoms with Gasteiger partial charge in [-0.1, -0.05) is 24.4 Å². The fourth-order valence-electron chi connectivity index (χ4n) is 2.65. The summed E-state index contributed by atoms with van der Waals surface area (Å²) in [6.45, 7) is 0. The molecule has 2 aromatic rings. The molecule has 0 spiro atoms. The Kier molecular flexibility index (Phi) is 2.67. The third-order valence-corrected chi connectivity index (χ3v) is 3.76. The van der Waals surface area contributed by atoms with E-state index in [9.17, 15) is 5.11 Å². The summed E-state index contributed by atoms with van der Waals surface area (Å²) >= 11 is 5.93. The van der Waals surface area contributed by atoms with Crippen LogP contribution in [-0.2, 0) is 0 Å². The molecule has 1 aliphatic carbocycles. The third kappa shape index (κ3) is 1.98. The summed E-state index contributed by atoms with van der Waals surface area (Å²) in [6.07, 6.45) is 4.76. The SMILES string of the molecule is Oc1cc2cc(Cl)ccc2nc1C1CCCC1. The van der Waals surface area contributed by atoms with Gasteiger partial charge >= 0.3 is 0 Å². The Balaban J connectivity index is 2.13. The van der Waals surface area contributed by atoms with Crippen molar-refractivity contribution < 1.29 is 5.11 Å². The van der Waals surface area contributed by atoms with Gasteiger partial charge in [0.1, 0.15) is 5.75 Å². The minimum Gasteiger partial charge on any atom is -0.506 e. The maximum Gasteiger partial charge on any atom is 0.138 e. The molecule has 1 heterocycles. The number of hydrogen-bond donors (Lipinski definition) is 1. The topological polar surface area (TPSA) is 33.1 Å². The molecule has 0 saturated heterocycles. The number of benzene rings is 1. The molecular weight excluding hydrogens is 234 g/mol. The molecule has 1 aromatic carbocycles. The number of rotatable bonds is 1. The van der Waals surface area contributed by atoms with Crippen molar-refractivity contribution in [3.8, 4) is 5.75 Å². The van der Waals surface area contributed by atoms with Crippen LogP contribution in [0.15, 0.2) is 24.3 Å². The van der Waals surface area contributed by atoms with Crippen LogP contribution < -0.4 is 0 Å². The number of nitrogens with zero attached hydrogens (tertiary/aromatic N) is 1. The van der Waals surface area contributed by atoms with Crippen LogP contribution >= 0.6 is 11.6 Å². The molecule has 1 aliphatic rings. The van der Waals surface area contributed by atoms with Gasteiger partial charge in [0.15, 0.2) is 0 Å². The van der Waals surface area contributed by atoms with Gasteiger partial charge in [0.25, 0.3) is 0 Å². The van der Waals surface area contributed by atoms with Crippen LogP contribution in [0.4, 0.5) is 0 Å².